The molecule has 2 aliphatic heterocycles. The Morgan fingerprint density at radius 3 is 1.05 bits per heavy atom. The Morgan fingerprint density at radius 1 is 0.476 bits per heavy atom. The van der Waals surface area contributed by atoms with Gasteiger partial charge >= 0.3 is 0 Å². The highest BCUT2D eigenvalue weighted by Gasteiger charge is 2.22. The van der Waals surface area contributed by atoms with Crippen molar-refractivity contribution in [2.45, 2.75) is 40.5 Å². The first-order valence-electron chi connectivity index (χ1n) is 15.8. The number of benzene rings is 5. The molecule has 0 aromatic heterocycles. The van der Waals surface area contributed by atoms with Crippen LogP contribution in [0.2, 0.25) is 0 Å². The van der Waals surface area contributed by atoms with Crippen molar-refractivity contribution in [3.05, 3.63) is 83.9 Å². The van der Waals surface area contributed by atoms with Crippen molar-refractivity contribution in [3.63, 3.8) is 0 Å². The van der Waals surface area contributed by atoms with Crippen LogP contribution in [0.1, 0.15) is 51.7 Å². The van der Waals surface area contributed by atoms with Crippen LogP contribution in [0.25, 0.3) is 43.1 Å². The lowest BCUT2D eigenvalue weighted by atomic mass is 9.88. The topological polar surface area (TPSA) is 6.48 Å². The molecule has 0 spiro atoms. The van der Waals surface area contributed by atoms with Crippen LogP contribution in [0, 0.1) is 47.6 Å². The summed E-state index contributed by atoms with van der Waals surface area (Å²) in [5, 5.41) is 9.77. The Morgan fingerprint density at radius 2 is 0.762 bits per heavy atom. The predicted octanol–water partition coefficient (Wildman–Crippen LogP) is 8.87. The molecule has 4 atom stereocenters. The zero-order valence-corrected chi connectivity index (χ0v) is 25.4. The van der Waals surface area contributed by atoms with Crippen molar-refractivity contribution in [1.82, 2.24) is 9.80 Å². The van der Waals surface area contributed by atoms with E-state index in [2.05, 4.69) is 134 Å². The van der Waals surface area contributed by atoms with E-state index in [0.29, 0.717) is 23.7 Å². The average molecular weight is 549 g/mol. The molecule has 5 aromatic carbocycles. The number of rotatable bonds is 0. The third-order valence-electron chi connectivity index (χ3n) is 9.26. The Kier molecular flexibility index (Phi) is 6.96. The number of fused-ring (bicyclic) bond motifs is 4. The summed E-state index contributed by atoms with van der Waals surface area (Å²) in [6.45, 7) is 13.6. The Bertz CT molecular complexity index is 1690. The van der Waals surface area contributed by atoms with Gasteiger partial charge in [-0.1, -0.05) is 76.2 Å². The summed E-state index contributed by atoms with van der Waals surface area (Å²) in [7, 11) is 0. The molecular formula is C40H40N2. The molecule has 2 heteroatoms. The third-order valence-corrected chi connectivity index (χ3v) is 9.26. The van der Waals surface area contributed by atoms with Crippen LogP contribution in [0.4, 0.5) is 0 Å². The maximum Gasteiger partial charge on any atom is 0.0422 e. The smallest absolute Gasteiger partial charge is 0.0422 e. The van der Waals surface area contributed by atoms with Gasteiger partial charge in [0, 0.05) is 49.4 Å². The van der Waals surface area contributed by atoms with Crippen molar-refractivity contribution in [2.24, 2.45) is 23.7 Å². The van der Waals surface area contributed by atoms with E-state index in [4.69, 9.17) is 0 Å². The highest BCUT2D eigenvalue weighted by molar-refractivity contribution is 6.16. The van der Waals surface area contributed by atoms with E-state index in [1.807, 2.05) is 0 Å². The monoisotopic (exact) mass is 548 g/mol. The van der Waals surface area contributed by atoms with E-state index in [1.54, 1.807) is 0 Å². The molecule has 42 heavy (non-hydrogen) atoms. The summed E-state index contributed by atoms with van der Waals surface area (Å²) in [5.41, 5.74) is 2.24. The largest absolute Gasteiger partial charge is 0.332 e. The minimum atomic E-state index is 0.669. The lowest BCUT2D eigenvalue weighted by Crippen LogP contribution is -2.35. The second kappa shape index (κ2) is 10.9. The van der Waals surface area contributed by atoms with Gasteiger partial charge in [0.15, 0.2) is 0 Å². The highest BCUT2D eigenvalue weighted by atomic mass is 15.1. The Labute approximate surface area is 250 Å². The molecule has 0 radical (unpaired) electrons. The molecule has 5 aromatic rings. The maximum absolute atomic E-state index is 3.73. The molecule has 2 nitrogen and oxygen atoms in total. The lowest BCUT2D eigenvalue weighted by Gasteiger charge is -2.32. The molecule has 4 unspecified atom stereocenters. The van der Waals surface area contributed by atoms with E-state index in [1.165, 1.54) is 55.9 Å². The summed E-state index contributed by atoms with van der Waals surface area (Å²) < 4.78 is 0. The second-order valence-electron chi connectivity index (χ2n) is 13.4. The summed E-state index contributed by atoms with van der Waals surface area (Å²) in [4.78, 5) is 4.70. The SMILES string of the molecule is CC1CC(C)CN(C#Cc2c3cc4ccccc4cc3c(C#CN3CC(C)CC(C)C3)c3cc4ccccc4cc23)C1. The van der Waals surface area contributed by atoms with Crippen LogP contribution in [0.5, 0.6) is 0 Å². The normalized spacial score (nSPS) is 22.7. The molecule has 0 amide bonds. The predicted molar refractivity (Wildman–Crippen MR) is 179 cm³/mol. The van der Waals surface area contributed by atoms with Gasteiger partial charge in [0.05, 0.1) is 0 Å². The fraction of sp³-hybridized carbons (Fsp3) is 0.350. The first-order chi connectivity index (χ1) is 20.4. The number of likely N-dealkylation sites (tertiary alicyclic amines) is 2. The van der Waals surface area contributed by atoms with Gasteiger partial charge in [-0.25, -0.2) is 0 Å². The van der Waals surface area contributed by atoms with E-state index < -0.39 is 0 Å². The third kappa shape index (κ3) is 5.16. The van der Waals surface area contributed by atoms with Crippen molar-refractivity contribution in [2.75, 3.05) is 26.2 Å². The van der Waals surface area contributed by atoms with E-state index in [-0.39, 0.29) is 0 Å². The fourth-order valence-electron chi connectivity index (χ4n) is 7.65. The lowest BCUT2D eigenvalue weighted by molar-refractivity contribution is 0.203. The molecule has 7 rings (SSSR count). The Hall–Kier alpha value is -4.14. The first-order valence-corrected chi connectivity index (χ1v) is 15.8. The molecular weight excluding hydrogens is 508 g/mol. The molecule has 0 bridgehead atoms. The number of nitrogens with zero attached hydrogens (tertiary/aromatic N) is 2. The van der Waals surface area contributed by atoms with Crippen LogP contribution >= 0.6 is 0 Å². The van der Waals surface area contributed by atoms with Crippen molar-refractivity contribution >= 4 is 43.1 Å². The first kappa shape index (κ1) is 26.7. The summed E-state index contributed by atoms with van der Waals surface area (Å²) in [6.07, 6.45) is 2.56. The van der Waals surface area contributed by atoms with Gasteiger partial charge in [0.25, 0.3) is 0 Å². The molecule has 2 saturated heterocycles. The molecule has 2 fully saturated rings. The zero-order valence-electron chi connectivity index (χ0n) is 25.4. The van der Waals surface area contributed by atoms with Crippen LogP contribution in [-0.4, -0.2) is 36.0 Å². The van der Waals surface area contributed by atoms with Crippen LogP contribution in [-0.2, 0) is 0 Å². The molecule has 0 N–H and O–H groups in total. The zero-order chi connectivity index (χ0) is 28.8. The number of hydrogen-bond acceptors (Lipinski definition) is 2. The van der Waals surface area contributed by atoms with Crippen LogP contribution in [0.3, 0.4) is 0 Å². The van der Waals surface area contributed by atoms with Gasteiger partial charge < -0.3 is 9.80 Å². The van der Waals surface area contributed by atoms with Crippen molar-refractivity contribution in [1.29, 1.82) is 0 Å². The molecule has 0 aliphatic carbocycles. The fourth-order valence-corrected chi connectivity index (χ4v) is 7.65. The van der Waals surface area contributed by atoms with Gasteiger partial charge in [-0.3, -0.25) is 0 Å². The summed E-state index contributed by atoms with van der Waals surface area (Å²) in [6, 6.07) is 34.0. The van der Waals surface area contributed by atoms with Gasteiger partial charge in [-0.05, 0) is 116 Å². The second-order valence-corrected chi connectivity index (χ2v) is 13.4. The molecule has 0 saturated carbocycles. The van der Waals surface area contributed by atoms with Gasteiger partial charge in [0.2, 0.25) is 0 Å². The molecule has 210 valence electrons. The summed E-state index contributed by atoms with van der Waals surface area (Å²) in [5.74, 6) is 10.1. The standard InChI is InChI=1S/C40H40N2/c1-27-17-28(2)24-41(23-27)15-13-35-37-19-31-9-5-7-11-33(31)21-39(37)36(14-16-42-25-29(3)18-30(4)26-42)40-22-34-12-8-6-10-32(34)20-38(35)40/h5-12,19-22,27-30H,17-18,23-26H2,1-4H3. The van der Waals surface area contributed by atoms with E-state index >= 15 is 0 Å². The average Bonchev–Trinajstić information content (AvgIpc) is 2.96. The van der Waals surface area contributed by atoms with E-state index in [0.717, 1.165) is 37.3 Å². The Balaban J connectivity index is 1.52. The number of hydrogen-bond donors (Lipinski definition) is 0. The molecule has 2 heterocycles. The van der Waals surface area contributed by atoms with Gasteiger partial charge in [0.1, 0.15) is 0 Å². The van der Waals surface area contributed by atoms with Gasteiger partial charge in [-0.15, -0.1) is 0 Å². The minimum absolute atomic E-state index is 0.669. The highest BCUT2D eigenvalue weighted by Crippen LogP contribution is 2.37. The van der Waals surface area contributed by atoms with E-state index in [9.17, 15) is 0 Å². The van der Waals surface area contributed by atoms with Crippen molar-refractivity contribution < 1.29 is 0 Å². The van der Waals surface area contributed by atoms with Gasteiger partial charge in [-0.2, -0.15) is 0 Å². The van der Waals surface area contributed by atoms with Crippen LogP contribution < -0.4 is 0 Å². The van der Waals surface area contributed by atoms with Crippen molar-refractivity contribution in [3.8, 4) is 23.9 Å². The minimum Gasteiger partial charge on any atom is -0.332 e. The number of piperidine rings is 2. The quantitative estimate of drug-likeness (QED) is 0.141. The summed E-state index contributed by atoms with van der Waals surface area (Å²) >= 11 is 0. The maximum atomic E-state index is 3.73. The molecule has 2 aliphatic rings. The van der Waals surface area contributed by atoms with Crippen LogP contribution in [0.15, 0.2) is 72.8 Å².